The van der Waals surface area contributed by atoms with E-state index in [4.69, 9.17) is 16.3 Å². The Labute approximate surface area is 207 Å². The van der Waals surface area contributed by atoms with E-state index < -0.39 is 0 Å². The maximum Gasteiger partial charge on any atom is 0.0737 e. The van der Waals surface area contributed by atoms with Crippen LogP contribution >= 0.6 is 11.6 Å². The van der Waals surface area contributed by atoms with E-state index >= 15 is 0 Å². The molecule has 0 bridgehead atoms. The van der Waals surface area contributed by atoms with Crippen LogP contribution in [0, 0.1) is 0 Å². The molecule has 2 aromatic heterocycles. The van der Waals surface area contributed by atoms with E-state index in [9.17, 15) is 0 Å². The molecule has 2 saturated heterocycles. The van der Waals surface area contributed by atoms with Crippen molar-refractivity contribution < 1.29 is 4.74 Å². The molecule has 1 atom stereocenters. The van der Waals surface area contributed by atoms with Crippen LogP contribution in [0.4, 0.5) is 5.69 Å². The fraction of sp³-hybridized carbons (Fsp3) is 0.481. The average molecular weight is 480 g/mol. The molecule has 2 aliphatic heterocycles. The topological polar surface area (TPSA) is 53.5 Å². The summed E-state index contributed by atoms with van der Waals surface area (Å²) >= 11 is 6.12. The molecule has 2 aliphatic rings. The fourth-order valence-electron chi connectivity index (χ4n) is 5.25. The van der Waals surface area contributed by atoms with E-state index in [0.29, 0.717) is 12.1 Å². The van der Waals surface area contributed by atoms with E-state index in [1.807, 2.05) is 42.9 Å². The quantitative estimate of drug-likeness (QED) is 0.474. The number of anilines is 1. The molecule has 180 valence electrons. The van der Waals surface area contributed by atoms with Crippen molar-refractivity contribution in [1.29, 1.82) is 0 Å². The van der Waals surface area contributed by atoms with Crippen LogP contribution in [0.3, 0.4) is 0 Å². The predicted octanol–water partition coefficient (Wildman–Crippen LogP) is 4.84. The highest BCUT2D eigenvalue weighted by molar-refractivity contribution is 6.31. The van der Waals surface area contributed by atoms with Crippen molar-refractivity contribution in [2.75, 3.05) is 44.6 Å². The van der Waals surface area contributed by atoms with Crippen LogP contribution in [0.2, 0.25) is 5.02 Å². The Hall–Kier alpha value is -2.25. The summed E-state index contributed by atoms with van der Waals surface area (Å²) in [4.78, 5) is 13.9. The van der Waals surface area contributed by atoms with E-state index in [2.05, 4.69) is 37.2 Å². The Morgan fingerprint density at radius 3 is 2.71 bits per heavy atom. The number of fused-ring (bicyclic) bond motifs is 1. The zero-order chi connectivity index (χ0) is 23.2. The Morgan fingerprint density at radius 1 is 1.06 bits per heavy atom. The summed E-state index contributed by atoms with van der Waals surface area (Å²) in [6, 6.07) is 12.8. The smallest absolute Gasteiger partial charge is 0.0737 e. The second-order valence-electron chi connectivity index (χ2n) is 9.44. The first-order valence-electron chi connectivity index (χ1n) is 12.5. The first kappa shape index (κ1) is 23.5. The Kier molecular flexibility index (Phi) is 7.91. The minimum Gasteiger partial charge on any atom is -0.383 e. The van der Waals surface area contributed by atoms with Gasteiger partial charge in [0.25, 0.3) is 0 Å². The van der Waals surface area contributed by atoms with Gasteiger partial charge >= 0.3 is 0 Å². The van der Waals surface area contributed by atoms with Crippen molar-refractivity contribution in [3.63, 3.8) is 0 Å². The largest absolute Gasteiger partial charge is 0.383 e. The van der Waals surface area contributed by atoms with Crippen molar-refractivity contribution >= 4 is 28.2 Å². The number of likely N-dealkylation sites (tertiary alicyclic amines) is 1. The molecule has 4 heterocycles. The van der Waals surface area contributed by atoms with Gasteiger partial charge in [0.15, 0.2) is 0 Å². The number of halogens is 1. The molecule has 34 heavy (non-hydrogen) atoms. The second kappa shape index (κ2) is 11.5. The van der Waals surface area contributed by atoms with Crippen LogP contribution < -0.4 is 5.32 Å². The average Bonchev–Trinajstić information content (AvgIpc) is 3.38. The molecule has 2 fully saturated rings. The molecular weight excluding hydrogens is 446 g/mol. The minimum atomic E-state index is 0.383. The fourth-order valence-corrected chi connectivity index (χ4v) is 5.41. The van der Waals surface area contributed by atoms with E-state index in [-0.39, 0.29) is 0 Å². The molecule has 3 aromatic rings. The third-order valence-corrected chi connectivity index (χ3v) is 7.35. The van der Waals surface area contributed by atoms with Gasteiger partial charge in [0, 0.05) is 73.5 Å². The summed E-state index contributed by atoms with van der Waals surface area (Å²) in [6.45, 7) is 7.17. The van der Waals surface area contributed by atoms with E-state index in [0.717, 1.165) is 67.5 Å². The lowest BCUT2D eigenvalue weighted by Crippen LogP contribution is -2.47. The number of piperidine rings is 1. The lowest BCUT2D eigenvalue weighted by molar-refractivity contribution is 0.0350. The van der Waals surface area contributed by atoms with Crippen LogP contribution in [0.15, 0.2) is 55.0 Å². The Balaban J connectivity index is 1.13. The molecule has 0 aliphatic carbocycles. The molecule has 6 nitrogen and oxygen atoms in total. The highest BCUT2D eigenvalue weighted by atomic mass is 35.5. The minimum absolute atomic E-state index is 0.383. The summed E-state index contributed by atoms with van der Waals surface area (Å²) in [5.74, 6) is 0. The van der Waals surface area contributed by atoms with E-state index in [1.54, 1.807) is 0 Å². The van der Waals surface area contributed by atoms with Gasteiger partial charge in [-0.25, -0.2) is 0 Å². The van der Waals surface area contributed by atoms with Crippen LogP contribution in [-0.2, 0) is 11.3 Å². The molecular formula is C27H34ClN5O. The number of aromatic nitrogens is 2. The van der Waals surface area contributed by atoms with Gasteiger partial charge in [-0.05, 0) is 80.7 Å². The summed E-state index contributed by atoms with van der Waals surface area (Å²) in [5.41, 5.74) is 3.39. The number of benzene rings is 1. The van der Waals surface area contributed by atoms with Crippen molar-refractivity contribution in [2.45, 2.75) is 44.4 Å². The number of nitrogens with one attached hydrogen (secondary N) is 1. The number of nitrogens with zero attached hydrogens (tertiary/aromatic N) is 4. The lowest BCUT2D eigenvalue weighted by atomic mass is 10.0. The number of ether oxygens (including phenoxy) is 1. The summed E-state index contributed by atoms with van der Waals surface area (Å²) in [6.07, 6.45) is 10.8. The predicted molar refractivity (Wildman–Crippen MR) is 138 cm³/mol. The summed E-state index contributed by atoms with van der Waals surface area (Å²) in [7, 11) is 0. The zero-order valence-corrected chi connectivity index (χ0v) is 20.5. The number of hydrogen-bond acceptors (Lipinski definition) is 6. The van der Waals surface area contributed by atoms with Gasteiger partial charge in [-0.3, -0.25) is 14.9 Å². The Morgan fingerprint density at radius 2 is 1.91 bits per heavy atom. The highest BCUT2D eigenvalue weighted by Crippen LogP contribution is 2.25. The molecule has 1 unspecified atom stereocenters. The van der Waals surface area contributed by atoms with Gasteiger partial charge in [0.2, 0.25) is 0 Å². The van der Waals surface area contributed by atoms with Crippen LogP contribution in [-0.4, -0.2) is 71.2 Å². The van der Waals surface area contributed by atoms with Crippen molar-refractivity contribution in [2.24, 2.45) is 0 Å². The van der Waals surface area contributed by atoms with Gasteiger partial charge in [-0.2, -0.15) is 0 Å². The van der Waals surface area contributed by atoms with Gasteiger partial charge < -0.3 is 15.0 Å². The third-order valence-electron chi connectivity index (χ3n) is 7.12. The van der Waals surface area contributed by atoms with Crippen LogP contribution in [0.1, 0.15) is 31.2 Å². The molecule has 1 N–H and O–H groups in total. The van der Waals surface area contributed by atoms with Gasteiger partial charge in [0.05, 0.1) is 11.6 Å². The third kappa shape index (κ3) is 6.05. The van der Waals surface area contributed by atoms with Gasteiger partial charge in [-0.15, -0.1) is 0 Å². The Bertz CT molecular complexity index is 1050. The standard InChI is InChI=1S/C27H34ClN5O/c28-22-3-4-25-26(7-12-30-27(25)18-22)31-13-16-32-14-8-23(9-15-32)33(20-24-2-1-17-34-24)19-21-5-10-29-11-6-21/h3-7,10-12,18,23-24H,1-2,8-9,13-17,19-20H2,(H,30,31). The van der Waals surface area contributed by atoms with Crippen LogP contribution in [0.5, 0.6) is 0 Å². The summed E-state index contributed by atoms with van der Waals surface area (Å²) < 4.78 is 5.98. The van der Waals surface area contributed by atoms with E-state index in [1.165, 1.54) is 31.2 Å². The normalized spacial score (nSPS) is 19.8. The molecule has 0 saturated carbocycles. The van der Waals surface area contributed by atoms with Crippen LogP contribution in [0.25, 0.3) is 10.9 Å². The number of pyridine rings is 2. The molecule has 5 rings (SSSR count). The molecule has 0 amide bonds. The van der Waals surface area contributed by atoms with Crippen molar-refractivity contribution in [1.82, 2.24) is 19.8 Å². The molecule has 0 spiro atoms. The second-order valence-corrected chi connectivity index (χ2v) is 9.88. The number of rotatable bonds is 9. The van der Waals surface area contributed by atoms with Gasteiger partial charge in [-0.1, -0.05) is 11.6 Å². The van der Waals surface area contributed by atoms with Gasteiger partial charge in [0.1, 0.15) is 0 Å². The molecule has 1 aromatic carbocycles. The highest BCUT2D eigenvalue weighted by Gasteiger charge is 2.28. The SMILES string of the molecule is Clc1ccc2c(NCCN3CCC(N(Cc4ccncc4)CC4CCCO4)CC3)ccnc2c1. The number of hydrogen-bond donors (Lipinski definition) is 1. The summed E-state index contributed by atoms with van der Waals surface area (Å²) in [5, 5.41) is 5.45. The van der Waals surface area contributed by atoms with Crippen molar-refractivity contribution in [3.8, 4) is 0 Å². The molecule has 7 heteroatoms. The monoisotopic (exact) mass is 479 g/mol. The zero-order valence-electron chi connectivity index (χ0n) is 19.7. The first-order valence-corrected chi connectivity index (χ1v) is 12.9. The maximum atomic E-state index is 6.12. The molecule has 0 radical (unpaired) electrons. The van der Waals surface area contributed by atoms with Crippen molar-refractivity contribution in [3.05, 3.63) is 65.6 Å². The maximum absolute atomic E-state index is 6.12. The first-order chi connectivity index (χ1) is 16.7. The lowest BCUT2D eigenvalue weighted by Gasteiger charge is -2.39.